The molecule has 8 aliphatic carbocycles. The number of ketones is 2. The highest BCUT2D eigenvalue weighted by Gasteiger charge is 2.71. The van der Waals surface area contributed by atoms with Gasteiger partial charge in [-0.05, 0) is 124 Å². The van der Waals surface area contributed by atoms with Crippen molar-refractivity contribution in [3.8, 4) is 0 Å². The quantitative estimate of drug-likeness (QED) is 0.172. The van der Waals surface area contributed by atoms with Gasteiger partial charge in [0.05, 0.1) is 32.2 Å². The Labute approximate surface area is 348 Å². The molecule has 2 aliphatic heterocycles. The van der Waals surface area contributed by atoms with E-state index in [1.807, 2.05) is 0 Å². The Morgan fingerprint density at radius 2 is 1.27 bits per heavy atom. The summed E-state index contributed by atoms with van der Waals surface area (Å²) in [4.78, 5) is 74.3. The van der Waals surface area contributed by atoms with E-state index in [0.717, 1.165) is 56.1 Å². The third kappa shape index (κ3) is 5.59. The van der Waals surface area contributed by atoms with Crippen LogP contribution in [0.1, 0.15) is 132 Å². The van der Waals surface area contributed by atoms with Crippen LogP contribution in [0.25, 0.3) is 0 Å². The van der Waals surface area contributed by atoms with Gasteiger partial charge in [-0.1, -0.05) is 50.5 Å². The summed E-state index contributed by atoms with van der Waals surface area (Å²) in [5.74, 6) is -0.633. The molecule has 0 aromatic rings. The Kier molecular flexibility index (Phi) is 9.47. The summed E-state index contributed by atoms with van der Waals surface area (Å²) >= 11 is 0. The second kappa shape index (κ2) is 13.7. The first-order chi connectivity index (χ1) is 27.9. The number of hydrogen-bond donors (Lipinski definition) is 1. The molecule has 7 unspecified atom stereocenters. The van der Waals surface area contributed by atoms with Crippen LogP contribution in [0.5, 0.6) is 0 Å². The number of ether oxygens (including phenoxy) is 4. The summed E-state index contributed by atoms with van der Waals surface area (Å²) in [5, 5.41) is 11.6. The van der Waals surface area contributed by atoms with Crippen LogP contribution < -0.4 is 0 Å². The minimum atomic E-state index is -0.611. The van der Waals surface area contributed by atoms with E-state index >= 15 is 0 Å². The van der Waals surface area contributed by atoms with Crippen molar-refractivity contribution < 1.29 is 54.2 Å². The molecule has 11 nitrogen and oxygen atoms in total. The highest BCUT2D eigenvalue weighted by molar-refractivity contribution is 5.93. The van der Waals surface area contributed by atoms with Crippen molar-refractivity contribution in [2.45, 2.75) is 148 Å². The van der Waals surface area contributed by atoms with E-state index in [1.165, 1.54) is 19.8 Å². The third-order valence-electron chi connectivity index (χ3n) is 19.0. The van der Waals surface area contributed by atoms with Gasteiger partial charge in [0.15, 0.2) is 11.6 Å². The Morgan fingerprint density at radius 3 is 1.88 bits per heavy atom. The van der Waals surface area contributed by atoms with Crippen molar-refractivity contribution in [1.29, 1.82) is 0 Å². The minimum absolute atomic E-state index is 0. The van der Waals surface area contributed by atoms with Gasteiger partial charge < -0.3 is 24.1 Å². The molecule has 11 heteroatoms. The fourth-order valence-corrected chi connectivity index (χ4v) is 15.9. The molecule has 10 rings (SSSR count). The molecule has 322 valence electrons. The van der Waals surface area contributed by atoms with Crippen LogP contribution in [-0.4, -0.2) is 72.1 Å². The predicted octanol–water partition coefficient (Wildman–Crippen LogP) is 7.12. The lowest BCUT2D eigenvalue weighted by Crippen LogP contribution is -2.62. The zero-order valence-corrected chi connectivity index (χ0v) is 35.7. The number of rotatable bonds is 2. The van der Waals surface area contributed by atoms with Crippen molar-refractivity contribution in [3.05, 3.63) is 34.9 Å². The van der Waals surface area contributed by atoms with Crippen LogP contribution in [0.15, 0.2) is 34.9 Å². The van der Waals surface area contributed by atoms with Crippen molar-refractivity contribution in [3.63, 3.8) is 0 Å². The maximum atomic E-state index is 12.9. The van der Waals surface area contributed by atoms with E-state index in [1.54, 1.807) is 12.2 Å². The van der Waals surface area contributed by atoms with Gasteiger partial charge in [-0.15, -0.1) is 0 Å². The largest absolute Gasteiger partial charge is 0.469 e. The Balaban J connectivity index is 0.000000164. The molecule has 0 aromatic heterocycles. The molecule has 2 heterocycles. The number of aliphatic hydroxyl groups is 1. The first kappa shape index (κ1) is 40.8. The summed E-state index contributed by atoms with van der Waals surface area (Å²) in [6.45, 7) is 8.85. The molecule has 59 heavy (non-hydrogen) atoms. The van der Waals surface area contributed by atoms with Gasteiger partial charge in [-0.3, -0.25) is 28.8 Å². The van der Waals surface area contributed by atoms with Gasteiger partial charge in [0, 0.05) is 43.4 Å². The van der Waals surface area contributed by atoms with Crippen LogP contribution in [0.3, 0.4) is 0 Å². The number of hydrogen-bond acceptors (Lipinski definition) is 11. The van der Waals surface area contributed by atoms with Gasteiger partial charge in [0.25, 0.3) is 0 Å². The normalized spacial score (nSPS) is 47.7. The summed E-state index contributed by atoms with van der Waals surface area (Å²) in [6.07, 6.45) is 16.3. The molecule has 0 aromatic carbocycles. The van der Waals surface area contributed by atoms with E-state index in [2.05, 4.69) is 33.8 Å². The summed E-state index contributed by atoms with van der Waals surface area (Å²) in [5.41, 5.74) is 1.56. The van der Waals surface area contributed by atoms with Crippen LogP contribution >= 0.6 is 0 Å². The number of esters is 4. The highest BCUT2D eigenvalue weighted by Crippen LogP contribution is 2.72. The lowest BCUT2D eigenvalue weighted by molar-refractivity contribution is -0.197. The maximum Gasteiger partial charge on any atom is 0.309 e. The summed E-state index contributed by atoms with van der Waals surface area (Å²) in [7, 11) is 2.87. The summed E-state index contributed by atoms with van der Waals surface area (Å²) < 4.78 is 22.4. The average molecular weight is 818 g/mol. The van der Waals surface area contributed by atoms with E-state index in [-0.39, 0.29) is 100.0 Å². The van der Waals surface area contributed by atoms with Crippen molar-refractivity contribution in [1.82, 2.24) is 0 Å². The summed E-state index contributed by atoms with van der Waals surface area (Å²) in [6, 6.07) is 0. The fourth-order valence-electron chi connectivity index (χ4n) is 15.9. The number of aliphatic hydroxyl groups excluding tert-OH is 1. The number of allylic oxidation sites excluding steroid dienone is 5. The van der Waals surface area contributed by atoms with Gasteiger partial charge in [0.2, 0.25) is 0 Å². The van der Waals surface area contributed by atoms with Gasteiger partial charge in [-0.2, -0.15) is 0 Å². The zero-order valence-electron chi connectivity index (χ0n) is 35.7. The second-order valence-corrected chi connectivity index (χ2v) is 21.0. The fraction of sp³-hybridized carbons (Fsp3) is 0.750. The van der Waals surface area contributed by atoms with Crippen molar-refractivity contribution >= 4 is 35.4 Å². The number of carbonyl (C=O) groups is 6. The molecule has 2 spiro atoms. The predicted molar refractivity (Wildman–Crippen MR) is 215 cm³/mol. The molecule has 14 atom stereocenters. The zero-order chi connectivity index (χ0) is 42.1. The van der Waals surface area contributed by atoms with Crippen molar-refractivity contribution in [2.24, 2.45) is 63.1 Å². The van der Waals surface area contributed by atoms with E-state index in [4.69, 9.17) is 18.9 Å². The molecule has 2 saturated heterocycles. The lowest BCUT2D eigenvalue weighted by Gasteiger charge is -2.62. The van der Waals surface area contributed by atoms with Gasteiger partial charge >= 0.3 is 23.9 Å². The Bertz CT molecular complexity index is 2000. The van der Waals surface area contributed by atoms with Crippen LogP contribution in [0.2, 0.25) is 0 Å². The maximum absolute atomic E-state index is 12.9. The molecule has 0 bridgehead atoms. The SMILES string of the molecule is COC(=O)[C@@H]1CC2=CC(=O)CC[C@]2(C)C2=CC[C@@]3(C)C(CCC34CCC(=O)O4)C21.COC(=O)[C@@H]1CC2=CC(=O)CC[C@]2(C)C2C1C1CCC3(CCC(=O)O3)[C@@]1(C)C[C@H]2O.[2HH]. The Morgan fingerprint density at radius 1 is 0.712 bits per heavy atom. The number of methoxy groups -OCH3 is 2. The standard InChI is InChI=1S/C24H32O6.C24H30O5.H2/c1-22-7-4-14(25)10-13(22)11-15(21(28)29-3)19-16-5-8-24(9-6-18(27)30-24)23(16,2)12-17(26)20(19)22;1-22-8-4-15(25)12-14(22)13-16(21(27)28-3)20-17(22)5-9-23(2)18(20)6-10-24(23)11-7-19(26)29-24;/h10,15-17,19-20,26H,4-9,11-12H2,1-3H3;5,12,16,18,20H,4,6-11,13H2,1-3H3;1H/t15-,16?,17-,19?,20?,22+,23+,24?;16-,18?,20?,22+,23+,24?;/m11./s1/i;;1+1. The second-order valence-electron chi connectivity index (χ2n) is 21.0. The monoisotopic (exact) mass is 817 g/mol. The number of fused-ring (bicyclic) bond motifs is 12. The molecule has 0 amide bonds. The number of carbonyl (C=O) groups excluding carboxylic acids is 6. The van der Waals surface area contributed by atoms with E-state index < -0.39 is 17.3 Å². The third-order valence-corrected chi connectivity index (χ3v) is 19.0. The van der Waals surface area contributed by atoms with Crippen molar-refractivity contribution in [2.75, 3.05) is 14.2 Å². The molecule has 7 fully saturated rings. The lowest BCUT2D eigenvalue weighted by atomic mass is 9.43. The average Bonchev–Trinajstić information content (AvgIpc) is 3.94. The van der Waals surface area contributed by atoms with Crippen LogP contribution in [-0.2, 0) is 47.7 Å². The van der Waals surface area contributed by atoms with E-state index in [9.17, 15) is 33.9 Å². The molecular weight excluding hydrogens is 753 g/mol. The first-order valence-electron chi connectivity index (χ1n) is 22.3. The molecule has 10 aliphatic rings. The van der Waals surface area contributed by atoms with E-state index in [0.29, 0.717) is 57.8 Å². The van der Waals surface area contributed by atoms with Gasteiger partial charge in [0.1, 0.15) is 11.2 Å². The first-order valence-corrected chi connectivity index (χ1v) is 22.3. The smallest absolute Gasteiger partial charge is 0.309 e. The minimum Gasteiger partial charge on any atom is -0.469 e. The Hall–Kier alpha value is -3.60. The highest BCUT2D eigenvalue weighted by atomic mass is 16.6. The molecule has 1 N–H and O–H groups in total. The van der Waals surface area contributed by atoms with Crippen LogP contribution in [0, 0.1) is 63.1 Å². The molecule has 5 saturated carbocycles. The molecular formula is C48H64O11. The van der Waals surface area contributed by atoms with Gasteiger partial charge in [-0.25, -0.2) is 0 Å². The topological polar surface area (TPSA) is 160 Å². The van der Waals surface area contributed by atoms with Crippen LogP contribution in [0.4, 0.5) is 0 Å². The molecule has 0 radical (unpaired) electrons.